The second-order valence-corrected chi connectivity index (χ2v) is 4.21. The summed E-state index contributed by atoms with van der Waals surface area (Å²) in [5.41, 5.74) is -0.951. The van der Waals surface area contributed by atoms with Crippen molar-refractivity contribution in [3.63, 3.8) is 0 Å². The Hall–Kier alpha value is -2.09. The lowest BCUT2D eigenvalue weighted by atomic mass is 10.2. The van der Waals surface area contributed by atoms with Gasteiger partial charge in [-0.2, -0.15) is 13.2 Å². The van der Waals surface area contributed by atoms with Crippen LogP contribution in [0.2, 0.25) is 5.28 Å². The van der Waals surface area contributed by atoms with Crippen molar-refractivity contribution in [3.8, 4) is 5.75 Å². The maximum absolute atomic E-state index is 13.1. The highest BCUT2D eigenvalue weighted by atomic mass is 35.5. The van der Waals surface area contributed by atoms with Gasteiger partial charge >= 0.3 is 6.18 Å². The summed E-state index contributed by atoms with van der Waals surface area (Å²) in [4.78, 5) is 6.74. The quantitative estimate of drug-likeness (QED) is 0.684. The van der Waals surface area contributed by atoms with Gasteiger partial charge in [0.2, 0.25) is 5.28 Å². The predicted octanol–water partition coefficient (Wildman–Crippen LogP) is 4.04. The van der Waals surface area contributed by atoms with E-state index >= 15 is 0 Å². The molecular weight excluding hydrogens is 314 g/mol. The molecule has 2 aromatic rings. The van der Waals surface area contributed by atoms with E-state index in [0.29, 0.717) is 6.07 Å². The van der Waals surface area contributed by atoms with E-state index < -0.39 is 23.0 Å². The maximum Gasteiger partial charge on any atom is 0.433 e. The van der Waals surface area contributed by atoms with E-state index in [2.05, 4.69) is 15.3 Å². The average Bonchev–Trinajstić information content (AvgIpc) is 2.39. The standard InChI is InChI=1S/C12H8ClF4N3O/c1-21-8-4-6(14)2-3-7(8)18-10-5-9(12(15,16)17)19-11(13)20-10/h2-5H,1H3,(H,18,19,20). The summed E-state index contributed by atoms with van der Waals surface area (Å²) in [5.74, 6) is -0.625. The molecule has 0 bridgehead atoms. The lowest BCUT2D eigenvalue weighted by Crippen LogP contribution is -2.10. The highest BCUT2D eigenvalue weighted by molar-refractivity contribution is 6.28. The first-order chi connectivity index (χ1) is 9.79. The van der Waals surface area contributed by atoms with Gasteiger partial charge in [0, 0.05) is 12.1 Å². The molecule has 0 amide bonds. The highest BCUT2D eigenvalue weighted by Crippen LogP contribution is 2.32. The molecule has 1 heterocycles. The zero-order valence-corrected chi connectivity index (χ0v) is 11.3. The summed E-state index contributed by atoms with van der Waals surface area (Å²) in [7, 11) is 1.30. The maximum atomic E-state index is 13.1. The van der Waals surface area contributed by atoms with Crippen molar-refractivity contribution in [1.82, 2.24) is 9.97 Å². The summed E-state index contributed by atoms with van der Waals surface area (Å²) in [6.45, 7) is 0. The Balaban J connectivity index is 2.38. The number of rotatable bonds is 3. The molecule has 0 atom stereocenters. The number of hydrogen-bond donors (Lipinski definition) is 1. The van der Waals surface area contributed by atoms with Gasteiger partial charge in [0.1, 0.15) is 17.4 Å². The van der Waals surface area contributed by atoms with Crippen molar-refractivity contribution in [2.45, 2.75) is 6.18 Å². The van der Waals surface area contributed by atoms with E-state index in [9.17, 15) is 17.6 Å². The van der Waals surface area contributed by atoms with E-state index in [1.54, 1.807) is 0 Å². The van der Waals surface area contributed by atoms with E-state index in [1.807, 2.05) is 0 Å². The number of ether oxygens (including phenoxy) is 1. The van der Waals surface area contributed by atoms with E-state index in [0.717, 1.165) is 12.1 Å². The van der Waals surface area contributed by atoms with Crippen LogP contribution in [-0.2, 0) is 6.18 Å². The number of anilines is 2. The predicted molar refractivity (Wildman–Crippen MR) is 68.3 cm³/mol. The lowest BCUT2D eigenvalue weighted by Gasteiger charge is -2.12. The van der Waals surface area contributed by atoms with Gasteiger partial charge in [0.05, 0.1) is 12.8 Å². The first kappa shape index (κ1) is 15.3. The third-order valence-corrected chi connectivity index (χ3v) is 2.58. The molecule has 1 N–H and O–H groups in total. The fourth-order valence-electron chi connectivity index (χ4n) is 1.53. The molecular formula is C12H8ClF4N3O. The van der Waals surface area contributed by atoms with Gasteiger partial charge in [-0.15, -0.1) is 0 Å². The summed E-state index contributed by atoms with van der Waals surface area (Å²) in [5, 5.41) is 2.02. The van der Waals surface area contributed by atoms with Gasteiger partial charge in [0.25, 0.3) is 0 Å². The molecule has 0 fully saturated rings. The molecule has 4 nitrogen and oxygen atoms in total. The van der Waals surface area contributed by atoms with Crippen molar-refractivity contribution in [3.05, 3.63) is 41.1 Å². The van der Waals surface area contributed by atoms with Crippen LogP contribution in [0.4, 0.5) is 29.1 Å². The average molecular weight is 322 g/mol. The molecule has 0 spiro atoms. The zero-order chi connectivity index (χ0) is 15.6. The van der Waals surface area contributed by atoms with Crippen LogP contribution in [-0.4, -0.2) is 17.1 Å². The largest absolute Gasteiger partial charge is 0.494 e. The van der Waals surface area contributed by atoms with Crippen molar-refractivity contribution in [1.29, 1.82) is 0 Å². The Bertz CT molecular complexity index is 663. The first-order valence-electron chi connectivity index (χ1n) is 5.52. The van der Waals surface area contributed by atoms with E-state index in [-0.39, 0.29) is 17.3 Å². The van der Waals surface area contributed by atoms with Crippen LogP contribution in [0.25, 0.3) is 0 Å². The summed E-state index contributed by atoms with van der Waals surface area (Å²) in [6, 6.07) is 4.19. The molecule has 112 valence electrons. The fourth-order valence-corrected chi connectivity index (χ4v) is 1.72. The van der Waals surface area contributed by atoms with Crippen molar-refractivity contribution >= 4 is 23.1 Å². The van der Waals surface area contributed by atoms with E-state index in [1.165, 1.54) is 13.2 Å². The number of benzene rings is 1. The number of nitrogens with zero attached hydrogens (tertiary/aromatic N) is 2. The van der Waals surface area contributed by atoms with Crippen molar-refractivity contribution in [2.24, 2.45) is 0 Å². The molecule has 1 aromatic carbocycles. The first-order valence-corrected chi connectivity index (χ1v) is 5.90. The topological polar surface area (TPSA) is 47.0 Å². The monoisotopic (exact) mass is 321 g/mol. The van der Waals surface area contributed by atoms with Gasteiger partial charge < -0.3 is 10.1 Å². The van der Waals surface area contributed by atoms with Crippen molar-refractivity contribution < 1.29 is 22.3 Å². The van der Waals surface area contributed by atoms with Gasteiger partial charge in [-0.1, -0.05) is 0 Å². The molecule has 9 heteroatoms. The Labute approximate surface area is 121 Å². The van der Waals surface area contributed by atoms with Crippen LogP contribution in [0.3, 0.4) is 0 Å². The number of methoxy groups -OCH3 is 1. The SMILES string of the molecule is COc1cc(F)ccc1Nc1cc(C(F)(F)F)nc(Cl)n1. The molecule has 0 saturated heterocycles. The number of halogens is 5. The third kappa shape index (κ3) is 3.72. The van der Waals surface area contributed by atoms with Crippen LogP contribution < -0.4 is 10.1 Å². The molecule has 21 heavy (non-hydrogen) atoms. The van der Waals surface area contributed by atoms with Crippen LogP contribution in [0.1, 0.15) is 5.69 Å². The number of nitrogens with one attached hydrogen (secondary N) is 1. The molecule has 0 aliphatic heterocycles. The van der Waals surface area contributed by atoms with Gasteiger partial charge in [-0.3, -0.25) is 0 Å². The second-order valence-electron chi connectivity index (χ2n) is 3.87. The Morgan fingerprint density at radius 2 is 1.90 bits per heavy atom. The Morgan fingerprint density at radius 3 is 2.52 bits per heavy atom. The van der Waals surface area contributed by atoms with Crippen LogP contribution in [0.15, 0.2) is 24.3 Å². The molecule has 0 unspecified atom stereocenters. The minimum absolute atomic E-state index is 0.110. The summed E-state index contributed by atoms with van der Waals surface area (Å²) < 4.78 is 55.9. The Morgan fingerprint density at radius 1 is 1.19 bits per heavy atom. The van der Waals surface area contributed by atoms with Crippen LogP contribution in [0, 0.1) is 5.82 Å². The molecule has 0 aliphatic rings. The minimum atomic E-state index is -4.66. The van der Waals surface area contributed by atoms with Gasteiger partial charge in [-0.05, 0) is 23.7 Å². The normalized spacial score (nSPS) is 11.3. The molecule has 0 saturated carbocycles. The van der Waals surface area contributed by atoms with E-state index in [4.69, 9.17) is 16.3 Å². The van der Waals surface area contributed by atoms with Gasteiger partial charge in [0.15, 0.2) is 5.69 Å². The number of hydrogen-bond acceptors (Lipinski definition) is 4. The molecule has 2 rings (SSSR count). The van der Waals surface area contributed by atoms with Crippen LogP contribution in [0.5, 0.6) is 5.75 Å². The smallest absolute Gasteiger partial charge is 0.433 e. The summed E-state index contributed by atoms with van der Waals surface area (Å²) in [6.07, 6.45) is -4.66. The fraction of sp³-hybridized carbons (Fsp3) is 0.167. The zero-order valence-electron chi connectivity index (χ0n) is 10.5. The number of aromatic nitrogens is 2. The summed E-state index contributed by atoms with van der Waals surface area (Å²) >= 11 is 5.47. The lowest BCUT2D eigenvalue weighted by molar-refractivity contribution is -0.141. The molecule has 0 aliphatic carbocycles. The third-order valence-electron chi connectivity index (χ3n) is 2.42. The van der Waals surface area contributed by atoms with Crippen molar-refractivity contribution in [2.75, 3.05) is 12.4 Å². The highest BCUT2D eigenvalue weighted by Gasteiger charge is 2.33. The molecule has 0 radical (unpaired) electrons. The minimum Gasteiger partial charge on any atom is -0.494 e. The second kappa shape index (κ2) is 5.72. The van der Waals surface area contributed by atoms with Gasteiger partial charge in [-0.25, -0.2) is 14.4 Å². The molecule has 1 aromatic heterocycles. The number of alkyl halides is 3. The Kier molecular flexibility index (Phi) is 4.17. The van der Waals surface area contributed by atoms with Crippen LogP contribution >= 0.6 is 11.6 Å².